The maximum absolute atomic E-state index is 12.1. The topological polar surface area (TPSA) is 62.1 Å². The summed E-state index contributed by atoms with van der Waals surface area (Å²) in [6.07, 6.45) is 3.96. The number of anilines is 1. The van der Waals surface area contributed by atoms with Gasteiger partial charge < -0.3 is 9.84 Å². The second-order valence-electron chi connectivity index (χ2n) is 7.63. The zero-order chi connectivity index (χ0) is 24.9. The lowest BCUT2D eigenvalue weighted by Crippen LogP contribution is -2.21. The number of aliphatic carboxylic acids is 1. The molecule has 0 aliphatic carbocycles. The largest absolute Gasteiger partial charge is 0.494 e. The van der Waals surface area contributed by atoms with Crippen LogP contribution in [0, 0.1) is 0 Å². The fourth-order valence-electron chi connectivity index (χ4n) is 3.63. The number of halogens is 3. The molecule has 4 rings (SSSR count). The van der Waals surface area contributed by atoms with Gasteiger partial charge in [0, 0.05) is 17.0 Å². The van der Waals surface area contributed by atoms with E-state index in [2.05, 4.69) is 0 Å². The second kappa shape index (κ2) is 11.0. The number of nitrogens with zero attached hydrogens (tertiary/aromatic N) is 2. The maximum atomic E-state index is 12.1. The molecule has 0 aromatic heterocycles. The number of allylic oxidation sites excluding steroid dienone is 2. The van der Waals surface area contributed by atoms with Crippen LogP contribution in [0.15, 0.2) is 84.0 Å². The fraction of sp³-hybridized carbons (Fsp3) is 0.111. The lowest BCUT2D eigenvalue weighted by atomic mass is 10.0. The summed E-state index contributed by atoms with van der Waals surface area (Å²) < 4.78 is 5.56. The van der Waals surface area contributed by atoms with Crippen molar-refractivity contribution in [2.75, 3.05) is 11.6 Å². The van der Waals surface area contributed by atoms with Gasteiger partial charge in [0.15, 0.2) is 0 Å². The van der Waals surface area contributed by atoms with E-state index >= 15 is 0 Å². The van der Waals surface area contributed by atoms with Crippen LogP contribution < -0.4 is 9.75 Å². The van der Waals surface area contributed by atoms with Crippen LogP contribution in [0.3, 0.4) is 0 Å². The van der Waals surface area contributed by atoms with Crippen LogP contribution in [0.5, 0.6) is 5.75 Å². The van der Waals surface area contributed by atoms with Gasteiger partial charge in [-0.05, 0) is 67.1 Å². The number of hydrogen-bond acceptors (Lipinski definition) is 4. The molecule has 1 N–H and O–H groups in total. The standard InChI is InChI=1S/C27H21Cl3N2O3/c1-2-35-22-10-8-21(9-11-22)32-26(18-6-12-24(29)25(30)15-18)13-7-20(31-32)16-23(27(33)34)17-4-3-5-19(28)14-17/h3-6,8-16H,2,7H2,1H3,(H,33,34)/b23-16+. The van der Waals surface area contributed by atoms with Gasteiger partial charge in [-0.15, -0.1) is 0 Å². The Bertz CT molecular complexity index is 1350. The third-order valence-electron chi connectivity index (χ3n) is 5.25. The van der Waals surface area contributed by atoms with E-state index in [1.165, 1.54) is 0 Å². The van der Waals surface area contributed by atoms with Gasteiger partial charge in [-0.1, -0.05) is 59.1 Å². The molecule has 0 atom stereocenters. The van der Waals surface area contributed by atoms with Gasteiger partial charge in [0.1, 0.15) is 5.75 Å². The van der Waals surface area contributed by atoms with Crippen LogP contribution in [0.1, 0.15) is 24.5 Å². The highest BCUT2D eigenvalue weighted by Gasteiger charge is 2.21. The van der Waals surface area contributed by atoms with E-state index < -0.39 is 5.97 Å². The zero-order valence-electron chi connectivity index (χ0n) is 18.7. The molecular weight excluding hydrogens is 507 g/mol. The van der Waals surface area contributed by atoms with Crippen LogP contribution in [0.25, 0.3) is 11.3 Å². The van der Waals surface area contributed by atoms with Gasteiger partial charge in [0.25, 0.3) is 0 Å². The van der Waals surface area contributed by atoms with Crippen molar-refractivity contribution in [3.8, 4) is 5.75 Å². The van der Waals surface area contributed by atoms with Crippen molar-refractivity contribution in [1.82, 2.24) is 0 Å². The third-order valence-corrected chi connectivity index (χ3v) is 6.22. The number of carbonyl (C=O) groups is 1. The minimum Gasteiger partial charge on any atom is -0.494 e. The van der Waals surface area contributed by atoms with E-state index in [-0.39, 0.29) is 5.57 Å². The normalized spacial score (nSPS) is 13.8. The van der Waals surface area contributed by atoms with Crippen LogP contribution >= 0.6 is 34.8 Å². The Labute approximate surface area is 218 Å². The predicted octanol–water partition coefficient (Wildman–Crippen LogP) is 7.82. The summed E-state index contributed by atoms with van der Waals surface area (Å²) in [5.41, 5.74) is 3.57. The SMILES string of the molecule is CCOc1ccc(N2N=C(/C=C(/C(=O)O)c3cccc(Cl)c3)CC=C2c2ccc(Cl)c(Cl)c2)cc1. The molecule has 3 aromatic rings. The highest BCUT2D eigenvalue weighted by molar-refractivity contribution is 6.42. The molecule has 0 amide bonds. The molecule has 35 heavy (non-hydrogen) atoms. The van der Waals surface area contributed by atoms with E-state index in [4.69, 9.17) is 44.6 Å². The van der Waals surface area contributed by atoms with Crippen LogP contribution in [-0.4, -0.2) is 23.4 Å². The molecule has 0 saturated heterocycles. The number of hydrogen-bond donors (Lipinski definition) is 1. The number of carboxylic acids is 1. The Morgan fingerprint density at radius 3 is 2.49 bits per heavy atom. The average Bonchev–Trinajstić information content (AvgIpc) is 2.85. The summed E-state index contributed by atoms with van der Waals surface area (Å²) >= 11 is 18.5. The molecule has 3 aromatic carbocycles. The van der Waals surface area contributed by atoms with Gasteiger partial charge >= 0.3 is 5.97 Å². The van der Waals surface area contributed by atoms with Crippen LogP contribution in [-0.2, 0) is 4.79 Å². The van der Waals surface area contributed by atoms with E-state index in [0.29, 0.717) is 39.4 Å². The summed E-state index contributed by atoms with van der Waals surface area (Å²) in [5, 5.41) is 17.8. The van der Waals surface area contributed by atoms with E-state index in [0.717, 1.165) is 22.7 Å². The van der Waals surface area contributed by atoms with Crippen molar-refractivity contribution in [3.63, 3.8) is 0 Å². The smallest absolute Gasteiger partial charge is 0.336 e. The minimum absolute atomic E-state index is 0.101. The van der Waals surface area contributed by atoms with Crippen molar-refractivity contribution in [1.29, 1.82) is 0 Å². The molecule has 5 nitrogen and oxygen atoms in total. The summed E-state index contributed by atoms with van der Waals surface area (Å²) in [4.78, 5) is 12.1. The summed E-state index contributed by atoms with van der Waals surface area (Å²) in [6.45, 7) is 2.48. The number of ether oxygens (including phenoxy) is 1. The van der Waals surface area contributed by atoms with Crippen molar-refractivity contribution in [3.05, 3.63) is 105 Å². The first-order chi connectivity index (χ1) is 16.9. The van der Waals surface area contributed by atoms with Gasteiger partial charge in [0.05, 0.1) is 39.3 Å². The summed E-state index contributed by atoms with van der Waals surface area (Å²) in [5.74, 6) is -0.326. The fourth-order valence-corrected chi connectivity index (χ4v) is 4.12. The Kier molecular flexibility index (Phi) is 7.81. The monoisotopic (exact) mass is 526 g/mol. The molecule has 178 valence electrons. The Hall–Kier alpha value is -3.25. The van der Waals surface area contributed by atoms with E-state index in [1.807, 2.05) is 43.3 Å². The van der Waals surface area contributed by atoms with Crippen molar-refractivity contribution in [2.24, 2.45) is 5.10 Å². The first-order valence-electron chi connectivity index (χ1n) is 10.8. The molecule has 0 radical (unpaired) electrons. The molecule has 1 aliphatic rings. The lowest BCUT2D eigenvalue weighted by molar-refractivity contribution is -0.130. The Morgan fingerprint density at radius 1 is 1.06 bits per heavy atom. The molecule has 0 fully saturated rings. The van der Waals surface area contributed by atoms with Gasteiger partial charge in [0.2, 0.25) is 0 Å². The molecule has 0 unspecified atom stereocenters. The number of carboxylic acid groups (broad SMARTS) is 1. The van der Waals surface area contributed by atoms with Crippen LogP contribution in [0.4, 0.5) is 5.69 Å². The lowest BCUT2D eigenvalue weighted by Gasteiger charge is -2.27. The average molecular weight is 528 g/mol. The first-order valence-corrected chi connectivity index (χ1v) is 12.0. The quantitative estimate of drug-likeness (QED) is 0.318. The van der Waals surface area contributed by atoms with Gasteiger partial charge in [-0.3, -0.25) is 0 Å². The van der Waals surface area contributed by atoms with Gasteiger partial charge in [-0.2, -0.15) is 5.10 Å². The highest BCUT2D eigenvalue weighted by atomic mass is 35.5. The van der Waals surface area contributed by atoms with Crippen molar-refractivity contribution < 1.29 is 14.6 Å². The van der Waals surface area contributed by atoms with Gasteiger partial charge in [-0.25, -0.2) is 9.80 Å². The molecule has 8 heteroatoms. The molecule has 1 heterocycles. The van der Waals surface area contributed by atoms with Crippen molar-refractivity contribution >= 4 is 63.4 Å². The van der Waals surface area contributed by atoms with Crippen LogP contribution in [0.2, 0.25) is 15.1 Å². The van der Waals surface area contributed by atoms with E-state index in [9.17, 15) is 9.90 Å². The Morgan fingerprint density at radius 2 is 1.83 bits per heavy atom. The third kappa shape index (κ3) is 5.88. The van der Waals surface area contributed by atoms with E-state index in [1.54, 1.807) is 47.5 Å². The predicted molar refractivity (Wildman–Crippen MR) is 144 cm³/mol. The first kappa shape index (κ1) is 24.9. The summed E-state index contributed by atoms with van der Waals surface area (Å²) in [6, 6.07) is 19.6. The summed E-state index contributed by atoms with van der Waals surface area (Å²) in [7, 11) is 0. The molecule has 1 aliphatic heterocycles. The zero-order valence-corrected chi connectivity index (χ0v) is 21.0. The molecule has 0 spiro atoms. The Balaban J connectivity index is 1.78. The molecule has 0 saturated carbocycles. The number of benzene rings is 3. The number of rotatable bonds is 7. The molecular formula is C27H21Cl3N2O3. The maximum Gasteiger partial charge on any atom is 0.336 e. The highest BCUT2D eigenvalue weighted by Crippen LogP contribution is 2.34. The minimum atomic E-state index is -1.07. The van der Waals surface area contributed by atoms with Crippen molar-refractivity contribution in [2.45, 2.75) is 13.3 Å². The molecule has 0 bridgehead atoms. The number of hydrazone groups is 1. The second-order valence-corrected chi connectivity index (χ2v) is 8.88.